The highest BCUT2D eigenvalue weighted by molar-refractivity contribution is 7.09. The lowest BCUT2D eigenvalue weighted by atomic mass is 9.87. The summed E-state index contributed by atoms with van der Waals surface area (Å²) in [5.41, 5.74) is 5.72. The van der Waals surface area contributed by atoms with Crippen molar-refractivity contribution in [2.24, 2.45) is 0 Å². The molecule has 0 spiro atoms. The molecule has 1 aliphatic rings. The zero-order chi connectivity index (χ0) is 25.5. The zero-order valence-corrected chi connectivity index (χ0v) is 21.7. The van der Waals surface area contributed by atoms with Crippen LogP contribution >= 0.6 is 11.3 Å². The number of carbonyl (C=O) groups is 2. The third-order valence-corrected chi connectivity index (χ3v) is 7.51. The van der Waals surface area contributed by atoms with Gasteiger partial charge in [-0.1, -0.05) is 35.9 Å². The Balaban J connectivity index is 1.65. The van der Waals surface area contributed by atoms with Crippen LogP contribution in [0.25, 0.3) is 5.57 Å². The Kier molecular flexibility index (Phi) is 8.57. The van der Waals surface area contributed by atoms with Crippen molar-refractivity contribution in [2.75, 3.05) is 31.5 Å². The van der Waals surface area contributed by atoms with Crippen LogP contribution in [-0.4, -0.2) is 53.1 Å². The molecule has 2 heterocycles. The van der Waals surface area contributed by atoms with Gasteiger partial charge in [0.15, 0.2) is 0 Å². The first-order chi connectivity index (χ1) is 17.5. The van der Waals surface area contributed by atoms with Gasteiger partial charge in [-0.15, -0.1) is 11.3 Å². The predicted molar refractivity (Wildman–Crippen MR) is 147 cm³/mol. The maximum absolute atomic E-state index is 12.8. The number of benzene rings is 2. The van der Waals surface area contributed by atoms with E-state index in [0.29, 0.717) is 24.3 Å². The number of nitrogens with zero attached hydrogens (tertiary/aromatic N) is 2. The molecule has 0 radical (unpaired) electrons. The van der Waals surface area contributed by atoms with E-state index in [1.54, 1.807) is 17.4 Å². The van der Waals surface area contributed by atoms with Crippen molar-refractivity contribution >= 4 is 34.6 Å². The number of piperidine rings is 1. The third kappa shape index (κ3) is 6.22. The number of likely N-dealkylation sites (tertiary alicyclic amines) is 1. The maximum Gasteiger partial charge on any atom is 0.409 e. The summed E-state index contributed by atoms with van der Waals surface area (Å²) in [5.74, 6) is 0.0373. The summed E-state index contributed by atoms with van der Waals surface area (Å²) in [4.78, 5) is 29.7. The number of anilines is 1. The Labute approximate surface area is 216 Å². The molecule has 36 heavy (non-hydrogen) atoms. The molecule has 0 saturated carbocycles. The Bertz CT molecular complexity index is 1200. The monoisotopic (exact) mass is 503 g/mol. The SMILES string of the molecule is CCN(CC)C(=O)c1ccc(C(=C2CCN(Cc3cccs3)CC2)c2cccc(NC(=O)O)c2)cc1. The van der Waals surface area contributed by atoms with Gasteiger partial charge in [-0.05, 0) is 79.1 Å². The molecule has 1 aromatic heterocycles. The minimum atomic E-state index is -1.08. The van der Waals surface area contributed by atoms with Crippen molar-refractivity contribution in [3.8, 4) is 0 Å². The molecule has 7 heteroatoms. The van der Waals surface area contributed by atoms with Gasteiger partial charge in [-0.3, -0.25) is 15.0 Å². The molecule has 0 atom stereocenters. The Morgan fingerprint density at radius 3 is 2.25 bits per heavy atom. The molecule has 2 aromatic carbocycles. The average Bonchev–Trinajstić information content (AvgIpc) is 3.39. The largest absolute Gasteiger partial charge is 0.465 e. The van der Waals surface area contributed by atoms with E-state index >= 15 is 0 Å². The predicted octanol–water partition coefficient (Wildman–Crippen LogP) is 6.42. The minimum Gasteiger partial charge on any atom is -0.465 e. The van der Waals surface area contributed by atoms with E-state index in [9.17, 15) is 14.7 Å². The van der Waals surface area contributed by atoms with Gasteiger partial charge in [-0.25, -0.2) is 4.79 Å². The maximum atomic E-state index is 12.8. The van der Waals surface area contributed by atoms with Crippen molar-refractivity contribution < 1.29 is 14.7 Å². The number of thiophene rings is 1. The quantitative estimate of drug-likeness (QED) is 0.372. The molecule has 0 bridgehead atoms. The van der Waals surface area contributed by atoms with E-state index in [0.717, 1.165) is 49.2 Å². The number of amides is 2. The summed E-state index contributed by atoms with van der Waals surface area (Å²) < 4.78 is 0. The first-order valence-electron chi connectivity index (χ1n) is 12.4. The number of carbonyl (C=O) groups excluding carboxylic acids is 1. The van der Waals surface area contributed by atoms with Crippen LogP contribution in [0.2, 0.25) is 0 Å². The fourth-order valence-electron chi connectivity index (χ4n) is 4.78. The van der Waals surface area contributed by atoms with Crippen LogP contribution in [0, 0.1) is 0 Å². The number of rotatable bonds is 8. The molecule has 4 rings (SSSR count). The molecule has 0 aliphatic carbocycles. The lowest BCUT2D eigenvalue weighted by molar-refractivity contribution is 0.0773. The summed E-state index contributed by atoms with van der Waals surface area (Å²) in [6, 6.07) is 19.7. The van der Waals surface area contributed by atoms with E-state index < -0.39 is 6.09 Å². The number of hydrogen-bond acceptors (Lipinski definition) is 4. The summed E-state index contributed by atoms with van der Waals surface area (Å²) in [5, 5.41) is 13.8. The molecular weight excluding hydrogens is 470 g/mol. The van der Waals surface area contributed by atoms with Crippen LogP contribution in [-0.2, 0) is 6.54 Å². The van der Waals surface area contributed by atoms with Crippen LogP contribution < -0.4 is 5.32 Å². The van der Waals surface area contributed by atoms with Crippen LogP contribution in [0.4, 0.5) is 10.5 Å². The van der Waals surface area contributed by atoms with Gasteiger partial charge in [-0.2, -0.15) is 0 Å². The second kappa shape index (κ2) is 12.0. The summed E-state index contributed by atoms with van der Waals surface area (Å²) in [6.07, 6.45) is 0.803. The van der Waals surface area contributed by atoms with Crippen molar-refractivity contribution in [3.05, 3.63) is 93.2 Å². The highest BCUT2D eigenvalue weighted by Gasteiger charge is 2.20. The van der Waals surface area contributed by atoms with E-state index in [1.165, 1.54) is 10.5 Å². The molecule has 1 fully saturated rings. The normalized spacial score (nSPS) is 13.9. The summed E-state index contributed by atoms with van der Waals surface area (Å²) >= 11 is 1.79. The Hall–Kier alpha value is -3.42. The van der Waals surface area contributed by atoms with Gasteiger partial charge in [0, 0.05) is 48.9 Å². The smallest absolute Gasteiger partial charge is 0.409 e. The standard InChI is InChI=1S/C29H33N3O3S/c1-3-32(4-2)28(33)23-12-10-21(11-13-23)27(24-7-5-8-25(19-24)30-29(34)35)22-14-16-31(17-15-22)20-26-9-6-18-36-26/h5-13,18-19,30H,3-4,14-17,20H2,1-2H3,(H,34,35). The van der Waals surface area contributed by atoms with Crippen molar-refractivity contribution in [1.82, 2.24) is 9.80 Å². The molecular formula is C29H33N3O3S. The fraction of sp³-hybridized carbons (Fsp3) is 0.310. The second-order valence-electron chi connectivity index (χ2n) is 8.90. The van der Waals surface area contributed by atoms with Gasteiger partial charge in [0.25, 0.3) is 5.91 Å². The number of hydrogen-bond donors (Lipinski definition) is 2. The highest BCUT2D eigenvalue weighted by atomic mass is 32.1. The average molecular weight is 504 g/mol. The molecule has 1 aliphatic heterocycles. The van der Waals surface area contributed by atoms with Gasteiger partial charge in [0.1, 0.15) is 0 Å². The molecule has 2 N–H and O–H groups in total. The van der Waals surface area contributed by atoms with Crippen molar-refractivity contribution in [2.45, 2.75) is 33.2 Å². The third-order valence-electron chi connectivity index (χ3n) is 6.65. The Morgan fingerprint density at radius 2 is 1.64 bits per heavy atom. The van der Waals surface area contributed by atoms with Crippen LogP contribution in [0.15, 0.2) is 71.6 Å². The van der Waals surface area contributed by atoms with E-state index in [4.69, 9.17) is 0 Å². The first kappa shape index (κ1) is 25.7. The lowest BCUT2D eigenvalue weighted by Crippen LogP contribution is -2.30. The van der Waals surface area contributed by atoms with Gasteiger partial charge in [0.2, 0.25) is 0 Å². The van der Waals surface area contributed by atoms with Gasteiger partial charge < -0.3 is 10.0 Å². The van der Waals surface area contributed by atoms with Crippen LogP contribution in [0.1, 0.15) is 53.1 Å². The molecule has 1 saturated heterocycles. The van der Waals surface area contributed by atoms with Crippen molar-refractivity contribution in [1.29, 1.82) is 0 Å². The minimum absolute atomic E-state index is 0.0373. The summed E-state index contributed by atoms with van der Waals surface area (Å²) in [6.45, 7) is 8.25. The molecule has 3 aromatic rings. The zero-order valence-electron chi connectivity index (χ0n) is 20.9. The topological polar surface area (TPSA) is 72.9 Å². The number of nitrogens with one attached hydrogen (secondary N) is 1. The molecule has 0 unspecified atom stereocenters. The van der Waals surface area contributed by atoms with Gasteiger partial charge >= 0.3 is 6.09 Å². The van der Waals surface area contributed by atoms with E-state index in [1.807, 2.05) is 61.2 Å². The lowest BCUT2D eigenvalue weighted by Gasteiger charge is -2.30. The second-order valence-corrected chi connectivity index (χ2v) is 9.93. The van der Waals surface area contributed by atoms with Gasteiger partial charge in [0.05, 0.1) is 0 Å². The molecule has 6 nitrogen and oxygen atoms in total. The highest BCUT2D eigenvalue weighted by Crippen LogP contribution is 2.34. The van der Waals surface area contributed by atoms with Crippen LogP contribution in [0.3, 0.4) is 0 Å². The molecule has 188 valence electrons. The summed E-state index contributed by atoms with van der Waals surface area (Å²) in [7, 11) is 0. The van der Waals surface area contributed by atoms with Crippen molar-refractivity contribution in [3.63, 3.8) is 0 Å². The van der Waals surface area contributed by atoms with Crippen LogP contribution in [0.5, 0.6) is 0 Å². The number of carboxylic acid groups (broad SMARTS) is 1. The van der Waals surface area contributed by atoms with E-state index in [-0.39, 0.29) is 5.91 Å². The first-order valence-corrected chi connectivity index (χ1v) is 13.3. The molecule has 2 amide bonds. The van der Waals surface area contributed by atoms with E-state index in [2.05, 4.69) is 27.7 Å². The fourth-order valence-corrected chi connectivity index (χ4v) is 5.52. The Morgan fingerprint density at radius 1 is 0.944 bits per heavy atom.